The van der Waals surface area contributed by atoms with Crippen LogP contribution in [0.15, 0.2) is 0 Å². The van der Waals surface area contributed by atoms with Crippen LogP contribution in [-0.4, -0.2) is 37.6 Å². The Bertz CT molecular complexity index is 178. The van der Waals surface area contributed by atoms with E-state index < -0.39 is 0 Å². The van der Waals surface area contributed by atoms with Gasteiger partial charge in [0.1, 0.15) is 0 Å². The van der Waals surface area contributed by atoms with Crippen LogP contribution in [0.1, 0.15) is 26.2 Å². The number of hydrogen-bond donors (Lipinski definition) is 0. The van der Waals surface area contributed by atoms with Crippen molar-refractivity contribution in [2.45, 2.75) is 32.2 Å². The van der Waals surface area contributed by atoms with E-state index in [2.05, 4.69) is 23.6 Å². The zero-order chi connectivity index (χ0) is 9.84. The Balaban J connectivity index is 2.19. The molecular formula is C10H19NO2. The summed E-state index contributed by atoms with van der Waals surface area (Å²) in [6, 6.07) is 0.299. The smallest absolute Gasteiger partial charge is 0.307 e. The molecule has 0 N–H and O–H groups in total. The summed E-state index contributed by atoms with van der Waals surface area (Å²) < 4.78 is 4.63. The lowest BCUT2D eigenvalue weighted by atomic mass is 10.2. The fraction of sp³-hybridized carbons (Fsp3) is 0.900. The van der Waals surface area contributed by atoms with Crippen LogP contribution in [0.4, 0.5) is 0 Å². The summed E-state index contributed by atoms with van der Waals surface area (Å²) in [7, 11) is 3.52. The summed E-state index contributed by atoms with van der Waals surface area (Å²) in [5.74, 6) is 0.764. The number of nitrogens with zero attached hydrogens (tertiary/aromatic N) is 1. The molecule has 13 heavy (non-hydrogen) atoms. The van der Waals surface area contributed by atoms with E-state index in [9.17, 15) is 4.79 Å². The standard InChI is InChI=1S/C10H19NO2/c1-8(6-10(12)13-3)11(2)7-9-4-5-9/h8-9H,4-7H2,1-3H3. The van der Waals surface area contributed by atoms with E-state index in [1.807, 2.05) is 0 Å². The molecule has 1 saturated carbocycles. The van der Waals surface area contributed by atoms with Crippen molar-refractivity contribution in [3.05, 3.63) is 0 Å². The van der Waals surface area contributed by atoms with Gasteiger partial charge >= 0.3 is 5.97 Å². The van der Waals surface area contributed by atoms with Gasteiger partial charge in [0.05, 0.1) is 13.5 Å². The minimum atomic E-state index is -0.116. The molecule has 1 aliphatic rings. The normalized spacial score (nSPS) is 18.8. The van der Waals surface area contributed by atoms with Crippen LogP contribution < -0.4 is 0 Å². The molecule has 3 nitrogen and oxygen atoms in total. The molecule has 1 rings (SSSR count). The second kappa shape index (κ2) is 4.61. The first-order valence-corrected chi connectivity index (χ1v) is 4.90. The first kappa shape index (κ1) is 10.5. The van der Waals surface area contributed by atoms with Gasteiger partial charge in [-0.1, -0.05) is 0 Å². The monoisotopic (exact) mass is 185 g/mol. The van der Waals surface area contributed by atoms with Crippen molar-refractivity contribution >= 4 is 5.97 Å². The first-order chi connectivity index (χ1) is 6.13. The number of methoxy groups -OCH3 is 1. The molecule has 0 spiro atoms. The van der Waals surface area contributed by atoms with E-state index in [-0.39, 0.29) is 5.97 Å². The van der Waals surface area contributed by atoms with Crippen LogP contribution in [0.25, 0.3) is 0 Å². The Morgan fingerprint density at radius 1 is 1.62 bits per heavy atom. The van der Waals surface area contributed by atoms with Crippen LogP contribution in [0, 0.1) is 5.92 Å². The molecule has 0 heterocycles. The van der Waals surface area contributed by atoms with Gasteiger partial charge in [-0.15, -0.1) is 0 Å². The summed E-state index contributed by atoms with van der Waals surface area (Å²) in [5.41, 5.74) is 0. The Kier molecular flexibility index (Phi) is 3.72. The van der Waals surface area contributed by atoms with Crippen LogP contribution in [0.3, 0.4) is 0 Å². The number of esters is 1. The van der Waals surface area contributed by atoms with Gasteiger partial charge in [0, 0.05) is 12.6 Å². The van der Waals surface area contributed by atoms with Crippen LogP contribution in [-0.2, 0) is 9.53 Å². The third-order valence-electron chi connectivity index (χ3n) is 2.69. The number of ether oxygens (including phenoxy) is 1. The highest BCUT2D eigenvalue weighted by atomic mass is 16.5. The highest BCUT2D eigenvalue weighted by Crippen LogP contribution is 2.29. The van der Waals surface area contributed by atoms with E-state index >= 15 is 0 Å². The van der Waals surface area contributed by atoms with E-state index in [4.69, 9.17) is 0 Å². The summed E-state index contributed by atoms with van der Waals surface area (Å²) in [5, 5.41) is 0. The van der Waals surface area contributed by atoms with Gasteiger partial charge in [-0.25, -0.2) is 0 Å². The van der Waals surface area contributed by atoms with Crippen molar-refractivity contribution in [3.8, 4) is 0 Å². The van der Waals surface area contributed by atoms with Crippen LogP contribution >= 0.6 is 0 Å². The fourth-order valence-corrected chi connectivity index (χ4v) is 1.37. The Labute approximate surface area is 80.1 Å². The minimum absolute atomic E-state index is 0.116. The molecule has 1 fully saturated rings. The number of rotatable bonds is 5. The Hall–Kier alpha value is -0.570. The maximum absolute atomic E-state index is 11.0. The van der Waals surface area contributed by atoms with Crippen molar-refractivity contribution < 1.29 is 9.53 Å². The third kappa shape index (κ3) is 3.77. The second-order valence-electron chi connectivity index (χ2n) is 4.01. The summed E-state index contributed by atoms with van der Waals surface area (Å²) in [6.45, 7) is 3.19. The maximum atomic E-state index is 11.0. The van der Waals surface area contributed by atoms with Crippen molar-refractivity contribution in [3.63, 3.8) is 0 Å². The predicted molar refractivity (Wildman–Crippen MR) is 51.4 cm³/mol. The molecule has 0 radical (unpaired) electrons. The molecule has 0 aromatic carbocycles. The lowest BCUT2D eigenvalue weighted by Gasteiger charge is -2.23. The Morgan fingerprint density at radius 3 is 2.69 bits per heavy atom. The molecule has 76 valence electrons. The average Bonchev–Trinajstić information content (AvgIpc) is 2.87. The van der Waals surface area contributed by atoms with E-state index in [0.29, 0.717) is 12.5 Å². The van der Waals surface area contributed by atoms with Crippen molar-refractivity contribution in [2.75, 3.05) is 20.7 Å². The number of carbonyl (C=O) groups excluding carboxylic acids is 1. The zero-order valence-corrected chi connectivity index (χ0v) is 8.75. The molecule has 1 atom stereocenters. The lowest BCUT2D eigenvalue weighted by molar-refractivity contribution is -0.141. The van der Waals surface area contributed by atoms with Gasteiger partial charge in [-0.05, 0) is 32.7 Å². The molecular weight excluding hydrogens is 166 g/mol. The van der Waals surface area contributed by atoms with Gasteiger partial charge in [0.15, 0.2) is 0 Å². The molecule has 0 aromatic rings. The van der Waals surface area contributed by atoms with E-state index in [1.165, 1.54) is 20.0 Å². The number of carbonyl (C=O) groups is 1. The lowest BCUT2D eigenvalue weighted by Crippen LogP contribution is -2.33. The van der Waals surface area contributed by atoms with Crippen LogP contribution in [0.2, 0.25) is 0 Å². The molecule has 0 bridgehead atoms. The molecule has 0 amide bonds. The maximum Gasteiger partial charge on any atom is 0.307 e. The molecule has 1 aliphatic carbocycles. The third-order valence-corrected chi connectivity index (χ3v) is 2.69. The van der Waals surface area contributed by atoms with Gasteiger partial charge < -0.3 is 9.64 Å². The Morgan fingerprint density at radius 2 is 2.23 bits per heavy atom. The van der Waals surface area contributed by atoms with Crippen molar-refractivity contribution in [1.82, 2.24) is 4.90 Å². The summed E-state index contributed by atoms with van der Waals surface area (Å²) in [4.78, 5) is 13.2. The summed E-state index contributed by atoms with van der Waals surface area (Å²) >= 11 is 0. The minimum Gasteiger partial charge on any atom is -0.469 e. The molecule has 0 aromatic heterocycles. The first-order valence-electron chi connectivity index (χ1n) is 4.90. The quantitative estimate of drug-likeness (QED) is 0.604. The molecule has 3 heteroatoms. The number of hydrogen-bond acceptors (Lipinski definition) is 3. The SMILES string of the molecule is COC(=O)CC(C)N(C)CC1CC1. The fourth-order valence-electron chi connectivity index (χ4n) is 1.37. The highest BCUT2D eigenvalue weighted by molar-refractivity contribution is 5.69. The molecule has 1 unspecified atom stereocenters. The summed E-state index contributed by atoms with van der Waals surface area (Å²) in [6.07, 6.45) is 3.21. The van der Waals surface area contributed by atoms with Gasteiger partial charge in [-0.2, -0.15) is 0 Å². The average molecular weight is 185 g/mol. The van der Waals surface area contributed by atoms with Gasteiger partial charge in [0.25, 0.3) is 0 Å². The van der Waals surface area contributed by atoms with Crippen LogP contribution in [0.5, 0.6) is 0 Å². The van der Waals surface area contributed by atoms with Crippen molar-refractivity contribution in [1.29, 1.82) is 0 Å². The predicted octanol–water partition coefficient (Wildman–Crippen LogP) is 1.28. The molecule has 0 aliphatic heterocycles. The second-order valence-corrected chi connectivity index (χ2v) is 4.01. The van der Waals surface area contributed by atoms with Crippen molar-refractivity contribution in [2.24, 2.45) is 5.92 Å². The largest absolute Gasteiger partial charge is 0.469 e. The topological polar surface area (TPSA) is 29.5 Å². The van der Waals surface area contributed by atoms with Gasteiger partial charge in [0.2, 0.25) is 0 Å². The van der Waals surface area contributed by atoms with E-state index in [1.54, 1.807) is 0 Å². The van der Waals surface area contributed by atoms with E-state index in [0.717, 1.165) is 12.5 Å². The van der Waals surface area contributed by atoms with Gasteiger partial charge in [-0.3, -0.25) is 4.79 Å². The molecule has 0 saturated heterocycles. The zero-order valence-electron chi connectivity index (χ0n) is 8.75. The highest BCUT2D eigenvalue weighted by Gasteiger charge is 2.25.